The van der Waals surface area contributed by atoms with Gasteiger partial charge in [-0.1, -0.05) is 26.8 Å². The number of sulfonamides is 1. The molecule has 0 amide bonds. The molecular formula is C14H22N2O2S. The van der Waals surface area contributed by atoms with Gasteiger partial charge in [0.25, 0.3) is 0 Å². The van der Waals surface area contributed by atoms with Crippen LogP contribution in [-0.2, 0) is 23.1 Å². The van der Waals surface area contributed by atoms with Gasteiger partial charge in [0.2, 0.25) is 10.0 Å². The van der Waals surface area contributed by atoms with Gasteiger partial charge in [-0.25, -0.2) is 13.1 Å². The van der Waals surface area contributed by atoms with Crippen LogP contribution in [0.2, 0.25) is 0 Å². The Morgan fingerprint density at radius 2 is 1.95 bits per heavy atom. The van der Waals surface area contributed by atoms with Crippen LogP contribution in [0.1, 0.15) is 38.3 Å². The standard InChI is InChI=1S/C14H22N2O2S/c1-4-14(10(2)3)16-19(17,18)13-6-5-11-8-15-9-12(11)7-13/h5-7,10,14-16H,4,8-9H2,1-3H3. The zero-order valence-corrected chi connectivity index (χ0v) is 12.5. The van der Waals surface area contributed by atoms with Crippen LogP contribution in [0, 0.1) is 5.92 Å². The summed E-state index contributed by atoms with van der Waals surface area (Å²) in [6.07, 6.45) is 0.795. The van der Waals surface area contributed by atoms with E-state index in [-0.39, 0.29) is 12.0 Å². The topological polar surface area (TPSA) is 58.2 Å². The van der Waals surface area contributed by atoms with Crippen LogP contribution in [0.4, 0.5) is 0 Å². The van der Waals surface area contributed by atoms with Gasteiger partial charge < -0.3 is 5.32 Å². The van der Waals surface area contributed by atoms with Crippen molar-refractivity contribution < 1.29 is 8.42 Å². The van der Waals surface area contributed by atoms with E-state index < -0.39 is 10.0 Å². The second kappa shape index (κ2) is 5.61. The summed E-state index contributed by atoms with van der Waals surface area (Å²) in [5.74, 6) is 0.288. The number of nitrogens with one attached hydrogen (secondary N) is 2. The lowest BCUT2D eigenvalue weighted by atomic mass is 10.0. The Bertz CT molecular complexity index is 553. The van der Waals surface area contributed by atoms with E-state index in [1.54, 1.807) is 12.1 Å². The van der Waals surface area contributed by atoms with Crippen molar-refractivity contribution in [2.24, 2.45) is 5.92 Å². The smallest absolute Gasteiger partial charge is 0.240 e. The molecule has 2 N–H and O–H groups in total. The highest BCUT2D eigenvalue weighted by molar-refractivity contribution is 7.89. The molecule has 0 aromatic heterocycles. The molecular weight excluding hydrogens is 260 g/mol. The van der Waals surface area contributed by atoms with Crippen LogP contribution in [0.5, 0.6) is 0 Å². The van der Waals surface area contributed by atoms with Crippen LogP contribution < -0.4 is 10.0 Å². The van der Waals surface area contributed by atoms with Crippen molar-refractivity contribution in [1.82, 2.24) is 10.0 Å². The minimum Gasteiger partial charge on any atom is -0.309 e. The predicted molar refractivity (Wildman–Crippen MR) is 76.2 cm³/mol. The van der Waals surface area contributed by atoms with Crippen molar-refractivity contribution in [2.75, 3.05) is 0 Å². The molecule has 4 nitrogen and oxygen atoms in total. The molecule has 2 rings (SSSR count). The molecule has 0 spiro atoms. The molecule has 0 fully saturated rings. The molecule has 19 heavy (non-hydrogen) atoms. The zero-order chi connectivity index (χ0) is 14.0. The third kappa shape index (κ3) is 3.16. The Labute approximate surface area is 115 Å². The van der Waals surface area contributed by atoms with E-state index in [9.17, 15) is 8.42 Å². The first-order chi connectivity index (χ1) is 8.94. The Kier molecular flexibility index (Phi) is 4.28. The number of benzene rings is 1. The van der Waals surface area contributed by atoms with E-state index in [1.165, 1.54) is 5.56 Å². The van der Waals surface area contributed by atoms with Gasteiger partial charge in [-0.15, -0.1) is 0 Å². The Hall–Kier alpha value is -0.910. The number of hydrogen-bond donors (Lipinski definition) is 2. The average Bonchev–Trinajstić information content (AvgIpc) is 2.82. The zero-order valence-electron chi connectivity index (χ0n) is 11.7. The highest BCUT2D eigenvalue weighted by Gasteiger charge is 2.22. The highest BCUT2D eigenvalue weighted by atomic mass is 32.2. The van der Waals surface area contributed by atoms with Gasteiger partial charge in [-0.05, 0) is 35.6 Å². The van der Waals surface area contributed by atoms with Gasteiger partial charge in [-0.2, -0.15) is 0 Å². The molecule has 106 valence electrons. The summed E-state index contributed by atoms with van der Waals surface area (Å²) in [6, 6.07) is 5.36. The van der Waals surface area contributed by atoms with E-state index in [4.69, 9.17) is 0 Å². The maximum absolute atomic E-state index is 12.4. The molecule has 1 heterocycles. The molecule has 1 aliphatic heterocycles. The number of hydrogen-bond acceptors (Lipinski definition) is 3. The molecule has 1 aromatic carbocycles. The van der Waals surface area contributed by atoms with Crippen LogP contribution >= 0.6 is 0 Å². The summed E-state index contributed by atoms with van der Waals surface area (Å²) in [5, 5.41) is 3.22. The third-order valence-electron chi connectivity index (χ3n) is 3.67. The fourth-order valence-corrected chi connectivity index (χ4v) is 3.91. The molecule has 1 atom stereocenters. The molecule has 1 aromatic rings. The van der Waals surface area contributed by atoms with Crippen LogP contribution in [-0.4, -0.2) is 14.5 Å². The van der Waals surface area contributed by atoms with E-state index in [2.05, 4.69) is 10.0 Å². The summed E-state index contributed by atoms with van der Waals surface area (Å²) in [4.78, 5) is 0.369. The van der Waals surface area contributed by atoms with Gasteiger partial charge in [0.05, 0.1) is 4.90 Å². The van der Waals surface area contributed by atoms with E-state index >= 15 is 0 Å². The molecule has 0 saturated heterocycles. The minimum absolute atomic E-state index is 0.0172. The molecule has 0 aliphatic carbocycles. The molecule has 0 radical (unpaired) electrons. The van der Waals surface area contributed by atoms with Crippen LogP contribution in [0.25, 0.3) is 0 Å². The van der Waals surface area contributed by atoms with Gasteiger partial charge >= 0.3 is 0 Å². The summed E-state index contributed by atoms with van der Waals surface area (Å²) in [7, 11) is -3.42. The second-order valence-electron chi connectivity index (χ2n) is 5.41. The second-order valence-corrected chi connectivity index (χ2v) is 7.13. The summed E-state index contributed by atoms with van der Waals surface area (Å²) >= 11 is 0. The number of rotatable bonds is 5. The van der Waals surface area contributed by atoms with Crippen molar-refractivity contribution >= 4 is 10.0 Å². The van der Waals surface area contributed by atoms with Gasteiger partial charge in [0.15, 0.2) is 0 Å². The van der Waals surface area contributed by atoms with E-state index in [0.717, 1.165) is 25.1 Å². The van der Waals surface area contributed by atoms with Crippen LogP contribution in [0.15, 0.2) is 23.1 Å². The van der Waals surface area contributed by atoms with Crippen molar-refractivity contribution in [3.63, 3.8) is 0 Å². The lowest BCUT2D eigenvalue weighted by Gasteiger charge is -2.20. The van der Waals surface area contributed by atoms with Crippen molar-refractivity contribution in [3.8, 4) is 0 Å². The minimum atomic E-state index is -3.42. The van der Waals surface area contributed by atoms with Gasteiger partial charge in [0.1, 0.15) is 0 Å². The lowest BCUT2D eigenvalue weighted by molar-refractivity contribution is 0.437. The third-order valence-corrected chi connectivity index (χ3v) is 5.16. The fourth-order valence-electron chi connectivity index (χ4n) is 2.40. The first kappa shape index (κ1) is 14.5. The highest BCUT2D eigenvalue weighted by Crippen LogP contribution is 2.21. The van der Waals surface area contributed by atoms with Crippen molar-refractivity contribution in [3.05, 3.63) is 29.3 Å². The summed E-state index contributed by atoms with van der Waals surface area (Å²) < 4.78 is 27.6. The molecule has 1 unspecified atom stereocenters. The maximum atomic E-state index is 12.4. The monoisotopic (exact) mass is 282 g/mol. The average molecular weight is 282 g/mol. The van der Waals surface area contributed by atoms with Gasteiger partial charge in [-0.3, -0.25) is 0 Å². The quantitative estimate of drug-likeness (QED) is 0.868. The molecule has 0 saturated carbocycles. The Morgan fingerprint density at radius 1 is 1.26 bits per heavy atom. The Balaban J connectivity index is 2.24. The number of fused-ring (bicyclic) bond motifs is 1. The van der Waals surface area contributed by atoms with Gasteiger partial charge in [0, 0.05) is 19.1 Å². The van der Waals surface area contributed by atoms with Crippen LogP contribution in [0.3, 0.4) is 0 Å². The normalized spacial score (nSPS) is 16.6. The van der Waals surface area contributed by atoms with Crippen molar-refractivity contribution in [1.29, 1.82) is 0 Å². The first-order valence-corrected chi connectivity index (χ1v) is 8.27. The SMILES string of the molecule is CCC(NS(=O)(=O)c1ccc2c(c1)CNC2)C(C)C. The summed E-state index contributed by atoms with van der Waals surface area (Å²) in [5.41, 5.74) is 2.27. The molecule has 5 heteroatoms. The fraction of sp³-hybridized carbons (Fsp3) is 0.571. The van der Waals surface area contributed by atoms with E-state index in [1.807, 2.05) is 26.8 Å². The van der Waals surface area contributed by atoms with Crippen molar-refractivity contribution in [2.45, 2.75) is 51.2 Å². The maximum Gasteiger partial charge on any atom is 0.240 e. The largest absolute Gasteiger partial charge is 0.309 e. The predicted octanol–water partition coefficient (Wildman–Crippen LogP) is 2.00. The molecule has 1 aliphatic rings. The Morgan fingerprint density at radius 3 is 2.58 bits per heavy atom. The van der Waals surface area contributed by atoms with E-state index in [0.29, 0.717) is 4.90 Å². The summed E-state index contributed by atoms with van der Waals surface area (Å²) in [6.45, 7) is 7.64. The molecule has 0 bridgehead atoms. The lowest BCUT2D eigenvalue weighted by Crippen LogP contribution is -2.38. The first-order valence-electron chi connectivity index (χ1n) is 6.79.